The molecule has 3 rings (SSSR count). The molecule has 2 saturated heterocycles. The summed E-state index contributed by atoms with van der Waals surface area (Å²) in [5, 5.41) is 0. The Kier molecular flexibility index (Phi) is 5.43. The second-order valence-electron chi connectivity index (χ2n) is 5.91. The van der Waals surface area contributed by atoms with Gasteiger partial charge >= 0.3 is 0 Å². The van der Waals surface area contributed by atoms with Gasteiger partial charge in [-0.1, -0.05) is 37.3 Å². The number of amides is 1. The fourth-order valence-corrected chi connectivity index (χ4v) is 4.13. The quantitative estimate of drug-likeness (QED) is 0.585. The molecule has 124 valence electrons. The van der Waals surface area contributed by atoms with Gasteiger partial charge in [0.15, 0.2) is 5.88 Å². The predicted molar refractivity (Wildman–Crippen MR) is 99.6 cm³/mol. The normalized spacial score (nSPS) is 20.8. The van der Waals surface area contributed by atoms with Gasteiger partial charge in [-0.2, -0.15) is 0 Å². The van der Waals surface area contributed by atoms with Gasteiger partial charge in [0.25, 0.3) is 5.91 Å². The highest BCUT2D eigenvalue weighted by Crippen LogP contribution is 2.33. The lowest BCUT2D eigenvalue weighted by atomic mass is 10.1. The highest BCUT2D eigenvalue weighted by Gasteiger charge is 2.31. The fourth-order valence-electron chi connectivity index (χ4n) is 2.84. The van der Waals surface area contributed by atoms with Crippen LogP contribution in [0.4, 0.5) is 5.88 Å². The molecule has 6 heteroatoms. The van der Waals surface area contributed by atoms with E-state index in [1.54, 1.807) is 4.90 Å². The predicted octanol–water partition coefficient (Wildman–Crippen LogP) is 4.27. The first-order chi connectivity index (χ1) is 11.2. The van der Waals surface area contributed by atoms with E-state index in [1.807, 2.05) is 18.2 Å². The maximum Gasteiger partial charge on any atom is 0.266 e. The second-order valence-corrected chi connectivity index (χ2v) is 7.59. The molecule has 1 aromatic heterocycles. The third kappa shape index (κ3) is 3.80. The average molecular weight is 351 g/mol. The molecule has 0 bridgehead atoms. The van der Waals surface area contributed by atoms with Crippen LogP contribution in [0.2, 0.25) is 0 Å². The topological polar surface area (TPSA) is 36.7 Å². The van der Waals surface area contributed by atoms with Crippen molar-refractivity contribution in [2.45, 2.75) is 39.0 Å². The number of thioether (sulfide) groups is 1. The van der Waals surface area contributed by atoms with Crippen LogP contribution in [0.15, 0.2) is 21.5 Å². The summed E-state index contributed by atoms with van der Waals surface area (Å²) in [4.78, 5) is 17.1. The molecule has 0 unspecified atom stereocenters. The van der Waals surface area contributed by atoms with Crippen LogP contribution in [-0.4, -0.2) is 34.8 Å². The molecule has 0 spiro atoms. The molecule has 0 aliphatic carbocycles. The van der Waals surface area contributed by atoms with Crippen LogP contribution >= 0.6 is 24.0 Å². The monoisotopic (exact) mass is 350 g/mol. The molecule has 1 amide bonds. The molecule has 0 atom stereocenters. The summed E-state index contributed by atoms with van der Waals surface area (Å²) in [6, 6.07) is 3.93. The summed E-state index contributed by atoms with van der Waals surface area (Å²) in [6.07, 6.45) is 7.56. The lowest BCUT2D eigenvalue weighted by molar-refractivity contribution is -0.122. The smallest absolute Gasteiger partial charge is 0.266 e. The summed E-state index contributed by atoms with van der Waals surface area (Å²) < 4.78 is 6.56. The number of furan rings is 1. The third-order valence-electron chi connectivity index (χ3n) is 4.16. The Bertz CT molecular complexity index is 618. The van der Waals surface area contributed by atoms with Crippen LogP contribution in [-0.2, 0) is 4.79 Å². The van der Waals surface area contributed by atoms with Gasteiger partial charge in [-0.05, 0) is 31.7 Å². The molecule has 4 nitrogen and oxygen atoms in total. The van der Waals surface area contributed by atoms with Crippen molar-refractivity contribution >= 4 is 46.2 Å². The lowest BCUT2D eigenvalue weighted by Crippen LogP contribution is -2.29. The van der Waals surface area contributed by atoms with Gasteiger partial charge in [-0.25, -0.2) is 0 Å². The molecule has 2 aliphatic heterocycles. The second kappa shape index (κ2) is 7.53. The Balaban J connectivity index is 1.70. The minimum Gasteiger partial charge on any atom is -0.441 e. The number of piperidine rings is 1. The van der Waals surface area contributed by atoms with Crippen LogP contribution in [0.3, 0.4) is 0 Å². The van der Waals surface area contributed by atoms with Gasteiger partial charge in [-0.15, -0.1) is 0 Å². The summed E-state index contributed by atoms with van der Waals surface area (Å²) in [7, 11) is 0. The standard InChI is InChI=1S/C17H22N2O2S2/c1-2-3-11-19-16(20)14(23-17(19)22)12-13-7-8-15(21-13)18-9-5-4-6-10-18/h7-8,12H,2-6,9-11H2,1H3/b14-12-. The summed E-state index contributed by atoms with van der Waals surface area (Å²) in [5.41, 5.74) is 0. The van der Waals surface area contributed by atoms with Gasteiger partial charge in [0.2, 0.25) is 0 Å². The van der Waals surface area contributed by atoms with Crippen LogP contribution < -0.4 is 4.90 Å². The highest BCUT2D eigenvalue weighted by molar-refractivity contribution is 8.26. The minimum absolute atomic E-state index is 0.00405. The van der Waals surface area contributed by atoms with E-state index in [9.17, 15) is 4.79 Å². The molecule has 0 N–H and O–H groups in total. The molecule has 0 aromatic carbocycles. The van der Waals surface area contributed by atoms with E-state index in [2.05, 4.69) is 11.8 Å². The average Bonchev–Trinajstić information content (AvgIpc) is 3.13. The van der Waals surface area contributed by atoms with E-state index >= 15 is 0 Å². The zero-order valence-corrected chi connectivity index (χ0v) is 15.0. The van der Waals surface area contributed by atoms with E-state index in [4.69, 9.17) is 16.6 Å². The number of nitrogens with zero attached hydrogens (tertiary/aromatic N) is 2. The van der Waals surface area contributed by atoms with Crippen molar-refractivity contribution in [3.63, 3.8) is 0 Å². The molecule has 3 heterocycles. The molecule has 2 aliphatic rings. The van der Waals surface area contributed by atoms with Crippen LogP contribution in [0.1, 0.15) is 44.8 Å². The van der Waals surface area contributed by atoms with Crippen molar-refractivity contribution in [3.8, 4) is 0 Å². The molecule has 1 aromatic rings. The largest absolute Gasteiger partial charge is 0.441 e. The molecular weight excluding hydrogens is 328 g/mol. The lowest BCUT2D eigenvalue weighted by Gasteiger charge is -2.25. The summed E-state index contributed by atoms with van der Waals surface area (Å²) in [5.74, 6) is 1.63. The van der Waals surface area contributed by atoms with E-state index < -0.39 is 0 Å². The Morgan fingerprint density at radius 2 is 2.09 bits per heavy atom. The first kappa shape index (κ1) is 16.6. The number of carbonyl (C=O) groups excluding carboxylic acids is 1. The first-order valence-corrected chi connectivity index (χ1v) is 9.51. The molecule has 2 fully saturated rings. The maximum atomic E-state index is 12.4. The van der Waals surface area contributed by atoms with E-state index in [0.717, 1.165) is 37.6 Å². The van der Waals surface area contributed by atoms with Crippen molar-refractivity contribution in [1.82, 2.24) is 4.90 Å². The number of unbranched alkanes of at least 4 members (excludes halogenated alkanes) is 1. The van der Waals surface area contributed by atoms with Gasteiger partial charge in [-0.3, -0.25) is 9.69 Å². The van der Waals surface area contributed by atoms with Crippen molar-refractivity contribution in [3.05, 3.63) is 22.8 Å². The van der Waals surface area contributed by atoms with Crippen molar-refractivity contribution < 1.29 is 9.21 Å². The number of carbonyl (C=O) groups is 1. The third-order valence-corrected chi connectivity index (χ3v) is 5.54. The Morgan fingerprint density at radius 1 is 1.30 bits per heavy atom. The fraction of sp³-hybridized carbons (Fsp3) is 0.529. The Hall–Kier alpha value is -1.27. The zero-order valence-electron chi connectivity index (χ0n) is 13.4. The molecule has 23 heavy (non-hydrogen) atoms. The number of rotatable bonds is 5. The number of anilines is 1. The SMILES string of the molecule is CCCCN1C(=O)/C(=C/c2ccc(N3CCCCC3)o2)SC1=S. The highest BCUT2D eigenvalue weighted by atomic mass is 32.2. The summed E-state index contributed by atoms with van der Waals surface area (Å²) in [6.45, 7) is 4.91. The number of thiocarbonyl (C=S) groups is 1. The van der Waals surface area contributed by atoms with Gasteiger partial charge in [0.1, 0.15) is 10.1 Å². The van der Waals surface area contributed by atoms with Crippen LogP contribution in [0.25, 0.3) is 6.08 Å². The van der Waals surface area contributed by atoms with Crippen molar-refractivity contribution in [1.29, 1.82) is 0 Å². The Labute approximate surface area is 146 Å². The molecular formula is C17H22N2O2S2. The Morgan fingerprint density at radius 3 is 2.83 bits per heavy atom. The van der Waals surface area contributed by atoms with E-state index in [1.165, 1.54) is 31.0 Å². The first-order valence-electron chi connectivity index (χ1n) is 8.29. The molecule has 0 radical (unpaired) electrons. The van der Waals surface area contributed by atoms with Crippen LogP contribution in [0.5, 0.6) is 0 Å². The van der Waals surface area contributed by atoms with Gasteiger partial charge < -0.3 is 9.32 Å². The van der Waals surface area contributed by atoms with Gasteiger partial charge in [0, 0.05) is 31.8 Å². The van der Waals surface area contributed by atoms with Crippen molar-refractivity contribution in [2.75, 3.05) is 24.5 Å². The van der Waals surface area contributed by atoms with Crippen molar-refractivity contribution in [2.24, 2.45) is 0 Å². The number of hydrogen-bond donors (Lipinski definition) is 0. The minimum atomic E-state index is 0.00405. The van der Waals surface area contributed by atoms with Gasteiger partial charge in [0.05, 0.1) is 4.91 Å². The molecule has 0 saturated carbocycles. The van der Waals surface area contributed by atoms with Crippen LogP contribution in [0, 0.1) is 0 Å². The maximum absolute atomic E-state index is 12.4. The zero-order chi connectivity index (χ0) is 16.2. The van der Waals surface area contributed by atoms with E-state index in [0.29, 0.717) is 15.8 Å². The number of hydrogen-bond acceptors (Lipinski definition) is 5. The van der Waals surface area contributed by atoms with E-state index in [-0.39, 0.29) is 5.91 Å². The summed E-state index contributed by atoms with van der Waals surface area (Å²) >= 11 is 6.69.